The third-order valence-electron chi connectivity index (χ3n) is 1.09. The largest absolute Gasteiger partial charge is 0.237 e. The summed E-state index contributed by atoms with van der Waals surface area (Å²) < 4.78 is 0. The molecule has 0 fully saturated rings. The number of aromatic nitrogens is 2. The summed E-state index contributed by atoms with van der Waals surface area (Å²) in [6.07, 6.45) is 3.41. The lowest BCUT2D eigenvalue weighted by atomic mass is 10.3. The van der Waals surface area contributed by atoms with Crippen LogP contribution >= 0.6 is 11.6 Å². The Morgan fingerprint density at radius 3 is 2.73 bits per heavy atom. The molecule has 0 saturated heterocycles. The number of nitrogens with zero attached hydrogens (tertiary/aromatic N) is 2. The van der Waals surface area contributed by atoms with Crippen LogP contribution in [0.5, 0.6) is 0 Å². The van der Waals surface area contributed by atoms with Gasteiger partial charge in [0, 0.05) is 6.07 Å². The first kappa shape index (κ1) is 8.21. The first-order chi connectivity index (χ1) is 5.18. The minimum absolute atomic E-state index is 0.479. The standard InChI is InChI=1S/C8H9ClN2/c1-6(2)3-7-4-8(9)11-5-10-7/h3-5H,1-2H3. The average molecular weight is 169 g/mol. The van der Waals surface area contributed by atoms with Crippen molar-refractivity contribution in [2.24, 2.45) is 0 Å². The molecular formula is C8H9ClN2. The van der Waals surface area contributed by atoms with E-state index < -0.39 is 0 Å². The van der Waals surface area contributed by atoms with E-state index in [1.54, 1.807) is 6.07 Å². The zero-order valence-corrected chi connectivity index (χ0v) is 7.26. The molecule has 0 unspecified atom stereocenters. The van der Waals surface area contributed by atoms with Crippen LogP contribution in [0.4, 0.5) is 0 Å². The molecule has 11 heavy (non-hydrogen) atoms. The van der Waals surface area contributed by atoms with E-state index in [0.717, 1.165) is 5.69 Å². The molecule has 1 heterocycles. The van der Waals surface area contributed by atoms with Gasteiger partial charge in [0.15, 0.2) is 0 Å². The number of halogens is 1. The second kappa shape index (κ2) is 3.49. The summed E-state index contributed by atoms with van der Waals surface area (Å²) in [6, 6.07) is 1.73. The molecule has 1 aromatic rings. The van der Waals surface area contributed by atoms with Crippen molar-refractivity contribution in [1.82, 2.24) is 9.97 Å². The second-order valence-corrected chi connectivity index (χ2v) is 2.87. The molecule has 0 radical (unpaired) electrons. The van der Waals surface area contributed by atoms with Gasteiger partial charge < -0.3 is 0 Å². The average Bonchev–Trinajstić information content (AvgIpc) is 1.85. The maximum Gasteiger partial charge on any atom is 0.133 e. The molecule has 0 bridgehead atoms. The number of rotatable bonds is 1. The lowest BCUT2D eigenvalue weighted by Gasteiger charge is -1.92. The molecule has 2 nitrogen and oxygen atoms in total. The summed E-state index contributed by atoms with van der Waals surface area (Å²) in [6.45, 7) is 4.02. The Kier molecular flexibility index (Phi) is 2.60. The Hall–Kier alpha value is -0.890. The third kappa shape index (κ3) is 2.68. The van der Waals surface area contributed by atoms with Gasteiger partial charge in [0.05, 0.1) is 5.69 Å². The van der Waals surface area contributed by atoms with E-state index in [4.69, 9.17) is 11.6 Å². The van der Waals surface area contributed by atoms with Gasteiger partial charge >= 0.3 is 0 Å². The molecule has 58 valence electrons. The quantitative estimate of drug-likeness (QED) is 0.603. The Labute approximate surface area is 70.9 Å². The number of hydrogen-bond donors (Lipinski definition) is 0. The maximum absolute atomic E-state index is 5.65. The second-order valence-electron chi connectivity index (χ2n) is 2.49. The van der Waals surface area contributed by atoms with Gasteiger partial charge in [0.25, 0.3) is 0 Å². The lowest BCUT2D eigenvalue weighted by Crippen LogP contribution is -1.83. The SMILES string of the molecule is CC(C)=Cc1cc(Cl)ncn1. The van der Waals surface area contributed by atoms with Crippen molar-refractivity contribution in [2.75, 3.05) is 0 Å². The fourth-order valence-corrected chi connectivity index (χ4v) is 0.877. The van der Waals surface area contributed by atoms with Crippen LogP contribution in [0.25, 0.3) is 6.08 Å². The van der Waals surface area contributed by atoms with Gasteiger partial charge in [-0.1, -0.05) is 17.2 Å². The molecule has 0 spiro atoms. The van der Waals surface area contributed by atoms with Gasteiger partial charge in [-0.05, 0) is 19.9 Å². The predicted molar refractivity (Wildman–Crippen MR) is 46.4 cm³/mol. The van der Waals surface area contributed by atoms with E-state index in [2.05, 4.69) is 9.97 Å². The van der Waals surface area contributed by atoms with Gasteiger partial charge in [-0.2, -0.15) is 0 Å². The highest BCUT2D eigenvalue weighted by Gasteiger charge is 1.91. The van der Waals surface area contributed by atoms with Crippen molar-refractivity contribution in [3.8, 4) is 0 Å². The lowest BCUT2D eigenvalue weighted by molar-refractivity contribution is 1.15. The van der Waals surface area contributed by atoms with Gasteiger partial charge in [-0.25, -0.2) is 9.97 Å². The topological polar surface area (TPSA) is 25.8 Å². The highest BCUT2D eigenvalue weighted by atomic mass is 35.5. The Balaban J connectivity index is 2.97. The molecule has 0 aromatic carbocycles. The van der Waals surface area contributed by atoms with Gasteiger partial charge in [0.1, 0.15) is 11.5 Å². The summed E-state index contributed by atoms with van der Waals surface area (Å²) in [5.41, 5.74) is 2.05. The molecule has 0 aliphatic carbocycles. The molecule has 0 aliphatic rings. The summed E-state index contributed by atoms with van der Waals surface area (Å²) in [5, 5.41) is 0.479. The van der Waals surface area contributed by atoms with Gasteiger partial charge in [-0.3, -0.25) is 0 Å². The van der Waals surface area contributed by atoms with Crippen LogP contribution in [0, 0.1) is 0 Å². The summed E-state index contributed by atoms with van der Waals surface area (Å²) in [4.78, 5) is 7.78. The molecule has 3 heteroatoms. The highest BCUT2D eigenvalue weighted by molar-refractivity contribution is 6.29. The van der Waals surface area contributed by atoms with Crippen molar-refractivity contribution in [3.63, 3.8) is 0 Å². The monoisotopic (exact) mass is 168 g/mol. The van der Waals surface area contributed by atoms with Crippen molar-refractivity contribution in [2.45, 2.75) is 13.8 Å². The molecule has 1 aromatic heterocycles. The molecule has 0 atom stereocenters. The van der Waals surface area contributed by atoms with Crippen molar-refractivity contribution in [1.29, 1.82) is 0 Å². The van der Waals surface area contributed by atoms with Crippen LogP contribution in [0.1, 0.15) is 19.5 Å². The summed E-state index contributed by atoms with van der Waals surface area (Å²) in [5.74, 6) is 0. The number of allylic oxidation sites excluding steroid dienone is 1. The molecule has 0 N–H and O–H groups in total. The molecule has 0 saturated carbocycles. The third-order valence-corrected chi connectivity index (χ3v) is 1.30. The van der Waals surface area contributed by atoms with E-state index in [1.165, 1.54) is 11.9 Å². The number of hydrogen-bond acceptors (Lipinski definition) is 2. The maximum atomic E-state index is 5.65. The zero-order valence-electron chi connectivity index (χ0n) is 6.50. The minimum atomic E-state index is 0.479. The fourth-order valence-electron chi connectivity index (χ4n) is 0.722. The van der Waals surface area contributed by atoms with Crippen LogP contribution in [0.3, 0.4) is 0 Å². The summed E-state index contributed by atoms with van der Waals surface area (Å²) >= 11 is 5.65. The normalized spacial score (nSPS) is 9.36. The fraction of sp³-hybridized carbons (Fsp3) is 0.250. The van der Waals surface area contributed by atoms with Crippen LogP contribution in [-0.4, -0.2) is 9.97 Å². The Bertz CT molecular complexity index is 277. The smallest absolute Gasteiger partial charge is 0.133 e. The van der Waals surface area contributed by atoms with Crippen LogP contribution in [0.2, 0.25) is 5.15 Å². The molecule has 0 amide bonds. The molecule has 0 aliphatic heterocycles. The van der Waals surface area contributed by atoms with Gasteiger partial charge in [0.2, 0.25) is 0 Å². The highest BCUT2D eigenvalue weighted by Crippen LogP contribution is 2.07. The van der Waals surface area contributed by atoms with Gasteiger partial charge in [-0.15, -0.1) is 0 Å². The molecular weight excluding hydrogens is 160 g/mol. The zero-order chi connectivity index (χ0) is 8.27. The summed E-state index contributed by atoms with van der Waals surface area (Å²) in [7, 11) is 0. The van der Waals surface area contributed by atoms with Crippen LogP contribution < -0.4 is 0 Å². The predicted octanol–water partition coefficient (Wildman–Crippen LogP) is 2.55. The molecule has 1 rings (SSSR count). The van der Waals surface area contributed by atoms with Crippen molar-refractivity contribution >= 4 is 17.7 Å². The van der Waals surface area contributed by atoms with Crippen LogP contribution in [0.15, 0.2) is 18.0 Å². The van der Waals surface area contributed by atoms with E-state index in [-0.39, 0.29) is 0 Å². The van der Waals surface area contributed by atoms with Crippen molar-refractivity contribution in [3.05, 3.63) is 28.8 Å². The van der Waals surface area contributed by atoms with Crippen molar-refractivity contribution < 1.29 is 0 Å². The van der Waals surface area contributed by atoms with E-state index in [0.29, 0.717) is 5.15 Å². The first-order valence-electron chi connectivity index (χ1n) is 3.31. The van der Waals surface area contributed by atoms with E-state index in [1.807, 2.05) is 19.9 Å². The van der Waals surface area contributed by atoms with Crippen LogP contribution in [-0.2, 0) is 0 Å². The first-order valence-corrected chi connectivity index (χ1v) is 3.69. The van der Waals surface area contributed by atoms with E-state index >= 15 is 0 Å². The Morgan fingerprint density at radius 2 is 2.18 bits per heavy atom. The minimum Gasteiger partial charge on any atom is -0.237 e. The Morgan fingerprint density at radius 1 is 1.45 bits per heavy atom. The van der Waals surface area contributed by atoms with E-state index in [9.17, 15) is 0 Å².